The topological polar surface area (TPSA) is 107 Å². The highest BCUT2D eigenvalue weighted by molar-refractivity contribution is 6.06. The number of rotatable bonds is 11. The van der Waals surface area contributed by atoms with Gasteiger partial charge in [-0.2, -0.15) is 0 Å². The van der Waals surface area contributed by atoms with Gasteiger partial charge < -0.3 is 19.9 Å². The van der Waals surface area contributed by atoms with Crippen molar-refractivity contribution < 1.29 is 19.5 Å². The minimum absolute atomic E-state index is 0.0671. The second-order valence-corrected chi connectivity index (χ2v) is 10.6. The third-order valence-corrected chi connectivity index (χ3v) is 7.51. The molecule has 0 radical (unpaired) electrons. The summed E-state index contributed by atoms with van der Waals surface area (Å²) in [6.45, 7) is 2.66. The smallest absolute Gasteiger partial charge is 0.305 e. The predicted octanol–water partition coefficient (Wildman–Crippen LogP) is 5.97. The number of nitrogens with one attached hydrogen (secondary N) is 1. The first-order chi connectivity index (χ1) is 20.8. The van der Waals surface area contributed by atoms with E-state index in [0.717, 1.165) is 27.9 Å². The highest BCUT2D eigenvalue weighted by atomic mass is 16.4. The summed E-state index contributed by atoms with van der Waals surface area (Å²) in [5.74, 6) is -1.44. The number of pyridine rings is 1. The highest BCUT2D eigenvalue weighted by Crippen LogP contribution is 2.29. The third-order valence-electron chi connectivity index (χ3n) is 7.51. The molecule has 2 heterocycles. The molecule has 5 aromatic rings. The average molecular weight is 575 g/mol. The van der Waals surface area contributed by atoms with Crippen molar-refractivity contribution in [1.82, 2.24) is 19.8 Å². The number of nitrogens with zero attached hydrogens (tertiary/aromatic N) is 3. The fourth-order valence-electron chi connectivity index (χ4n) is 5.33. The molecule has 0 fully saturated rings. The molecule has 0 aliphatic carbocycles. The molecule has 0 spiro atoms. The van der Waals surface area contributed by atoms with Gasteiger partial charge in [-0.05, 0) is 60.4 Å². The SMILES string of the molecule is Cc1cccc(CN(C)C(=O)c2ccccc2-c2ccccc2C(=O)N(CCC(=O)O)CCc2c[nH]c3ccccc23)n1. The maximum atomic E-state index is 14.1. The first-order valence-corrected chi connectivity index (χ1v) is 14.2. The van der Waals surface area contributed by atoms with Gasteiger partial charge in [0.2, 0.25) is 0 Å². The monoisotopic (exact) mass is 574 g/mol. The Morgan fingerprint density at radius 3 is 2.14 bits per heavy atom. The van der Waals surface area contributed by atoms with E-state index in [-0.39, 0.29) is 24.8 Å². The van der Waals surface area contributed by atoms with E-state index in [1.807, 2.05) is 79.9 Å². The molecular weight excluding hydrogens is 540 g/mol. The van der Waals surface area contributed by atoms with Crippen LogP contribution in [0.5, 0.6) is 0 Å². The van der Waals surface area contributed by atoms with Crippen LogP contribution in [0.15, 0.2) is 97.2 Å². The average Bonchev–Trinajstić information content (AvgIpc) is 3.43. The Kier molecular flexibility index (Phi) is 8.96. The molecule has 0 aliphatic heterocycles. The molecular formula is C35H34N4O4. The lowest BCUT2D eigenvalue weighted by atomic mass is 9.94. The second kappa shape index (κ2) is 13.2. The number of benzene rings is 3. The number of carbonyl (C=O) groups is 3. The maximum absolute atomic E-state index is 14.1. The largest absolute Gasteiger partial charge is 0.481 e. The number of aliphatic carboxylic acids is 1. The molecule has 2 N–H and O–H groups in total. The van der Waals surface area contributed by atoms with Crippen molar-refractivity contribution in [3.63, 3.8) is 0 Å². The van der Waals surface area contributed by atoms with Gasteiger partial charge in [0.15, 0.2) is 0 Å². The van der Waals surface area contributed by atoms with E-state index in [4.69, 9.17) is 0 Å². The summed E-state index contributed by atoms with van der Waals surface area (Å²) in [7, 11) is 1.73. The Bertz CT molecular complexity index is 1780. The van der Waals surface area contributed by atoms with Crippen molar-refractivity contribution in [2.45, 2.75) is 26.3 Å². The van der Waals surface area contributed by atoms with Crippen LogP contribution in [-0.4, -0.2) is 62.8 Å². The minimum atomic E-state index is -0.972. The van der Waals surface area contributed by atoms with Crippen LogP contribution < -0.4 is 0 Å². The van der Waals surface area contributed by atoms with E-state index in [2.05, 4.69) is 9.97 Å². The molecule has 43 heavy (non-hydrogen) atoms. The van der Waals surface area contributed by atoms with Crippen molar-refractivity contribution >= 4 is 28.7 Å². The molecule has 2 amide bonds. The van der Waals surface area contributed by atoms with E-state index in [0.29, 0.717) is 41.8 Å². The van der Waals surface area contributed by atoms with Crippen molar-refractivity contribution in [3.05, 3.63) is 125 Å². The third kappa shape index (κ3) is 6.81. The molecule has 8 heteroatoms. The van der Waals surface area contributed by atoms with Gasteiger partial charge in [0.1, 0.15) is 0 Å². The number of fused-ring (bicyclic) bond motifs is 1. The lowest BCUT2D eigenvalue weighted by molar-refractivity contribution is -0.137. The summed E-state index contributed by atoms with van der Waals surface area (Å²) in [6.07, 6.45) is 2.32. The van der Waals surface area contributed by atoms with E-state index in [1.165, 1.54) is 0 Å². The molecule has 3 aromatic carbocycles. The van der Waals surface area contributed by atoms with E-state index < -0.39 is 5.97 Å². The molecule has 0 aliphatic rings. The van der Waals surface area contributed by atoms with E-state index in [1.54, 1.807) is 41.1 Å². The molecule has 0 unspecified atom stereocenters. The van der Waals surface area contributed by atoms with Gasteiger partial charge in [0, 0.05) is 54.1 Å². The number of aryl methyl sites for hydroxylation is 1. The van der Waals surface area contributed by atoms with Crippen LogP contribution >= 0.6 is 0 Å². The quantitative estimate of drug-likeness (QED) is 0.202. The number of H-pyrrole nitrogens is 1. The zero-order valence-electron chi connectivity index (χ0n) is 24.3. The van der Waals surface area contributed by atoms with Crippen molar-refractivity contribution in [1.29, 1.82) is 0 Å². The Morgan fingerprint density at radius 2 is 1.44 bits per heavy atom. The van der Waals surface area contributed by atoms with Gasteiger partial charge >= 0.3 is 5.97 Å². The minimum Gasteiger partial charge on any atom is -0.481 e. The molecule has 0 saturated carbocycles. The second-order valence-electron chi connectivity index (χ2n) is 10.6. The number of carbonyl (C=O) groups excluding carboxylic acids is 2. The number of amides is 2. The first-order valence-electron chi connectivity index (χ1n) is 14.2. The zero-order valence-corrected chi connectivity index (χ0v) is 24.3. The lowest BCUT2D eigenvalue weighted by Gasteiger charge is -2.24. The van der Waals surface area contributed by atoms with Gasteiger partial charge in [-0.1, -0.05) is 60.7 Å². The molecule has 8 nitrogen and oxygen atoms in total. The van der Waals surface area contributed by atoms with Crippen molar-refractivity contribution in [2.75, 3.05) is 20.1 Å². The number of carboxylic acid groups (broad SMARTS) is 1. The normalized spacial score (nSPS) is 10.9. The van der Waals surface area contributed by atoms with Gasteiger partial charge in [-0.25, -0.2) is 0 Å². The molecule has 0 saturated heterocycles. The van der Waals surface area contributed by atoms with Crippen LogP contribution in [0, 0.1) is 6.92 Å². The molecule has 0 atom stereocenters. The lowest BCUT2D eigenvalue weighted by Crippen LogP contribution is -2.35. The number of aromatic nitrogens is 2. The molecule has 0 bridgehead atoms. The van der Waals surface area contributed by atoms with Gasteiger partial charge in [0.25, 0.3) is 11.8 Å². The summed E-state index contributed by atoms with van der Waals surface area (Å²) >= 11 is 0. The Morgan fingerprint density at radius 1 is 0.791 bits per heavy atom. The summed E-state index contributed by atoms with van der Waals surface area (Å²) in [6, 6.07) is 28.1. The number of hydrogen-bond acceptors (Lipinski definition) is 4. The molecule has 218 valence electrons. The number of aromatic amines is 1. The van der Waals surface area contributed by atoms with Gasteiger partial charge in [0.05, 0.1) is 18.7 Å². The van der Waals surface area contributed by atoms with Crippen LogP contribution in [0.4, 0.5) is 0 Å². The highest BCUT2D eigenvalue weighted by Gasteiger charge is 2.24. The fraction of sp³-hybridized carbons (Fsp3) is 0.200. The number of hydrogen-bond donors (Lipinski definition) is 2. The van der Waals surface area contributed by atoms with Crippen molar-refractivity contribution in [3.8, 4) is 11.1 Å². The predicted molar refractivity (Wildman–Crippen MR) is 167 cm³/mol. The first kappa shape index (κ1) is 29.3. The van der Waals surface area contributed by atoms with Gasteiger partial charge in [-0.3, -0.25) is 19.4 Å². The Labute approximate surface area is 250 Å². The summed E-state index contributed by atoms with van der Waals surface area (Å²) in [5.41, 5.74) is 5.86. The summed E-state index contributed by atoms with van der Waals surface area (Å²) in [5, 5.41) is 10.5. The van der Waals surface area contributed by atoms with Crippen LogP contribution in [0.1, 0.15) is 44.1 Å². The Balaban J connectivity index is 1.43. The summed E-state index contributed by atoms with van der Waals surface area (Å²) in [4.78, 5) is 50.3. The van der Waals surface area contributed by atoms with Crippen LogP contribution in [-0.2, 0) is 17.8 Å². The number of carboxylic acids is 1. The molecule has 2 aromatic heterocycles. The van der Waals surface area contributed by atoms with E-state index >= 15 is 0 Å². The van der Waals surface area contributed by atoms with Crippen LogP contribution in [0.3, 0.4) is 0 Å². The zero-order chi connectivity index (χ0) is 30.3. The standard InChI is InChI=1S/C35H34N4O4/c1-24-10-9-11-26(37-24)23-38(2)34(42)30-15-5-3-13-28(30)29-14-4-6-16-31(29)35(43)39(21-19-33(40)41)20-18-25-22-36-32-17-8-7-12-27(25)32/h3-17,22,36H,18-21,23H2,1-2H3,(H,40,41). The fourth-order valence-corrected chi connectivity index (χ4v) is 5.33. The number of para-hydroxylation sites is 1. The van der Waals surface area contributed by atoms with Crippen molar-refractivity contribution in [2.24, 2.45) is 0 Å². The Hall–Kier alpha value is -5.24. The van der Waals surface area contributed by atoms with Gasteiger partial charge in [-0.15, -0.1) is 0 Å². The molecule has 5 rings (SSSR count). The van der Waals surface area contributed by atoms with Crippen LogP contribution in [0.2, 0.25) is 0 Å². The summed E-state index contributed by atoms with van der Waals surface area (Å²) < 4.78 is 0. The van der Waals surface area contributed by atoms with E-state index in [9.17, 15) is 19.5 Å². The van der Waals surface area contributed by atoms with Crippen LogP contribution in [0.25, 0.3) is 22.0 Å². The maximum Gasteiger partial charge on any atom is 0.305 e.